The van der Waals surface area contributed by atoms with Crippen LogP contribution in [0.2, 0.25) is 0 Å². The molecule has 3 atom stereocenters. The number of carboxylic acid groups (broad SMARTS) is 2. The summed E-state index contributed by atoms with van der Waals surface area (Å²) in [6, 6.07) is 12.5. The second-order valence-electron chi connectivity index (χ2n) is 19.9. The Balaban J connectivity index is 1.000. The van der Waals surface area contributed by atoms with Crippen LogP contribution in [0.15, 0.2) is 76.2 Å². The zero-order valence-corrected chi connectivity index (χ0v) is 44.0. The number of unbranched alkanes of at least 4 members (excludes halogenated alkanes) is 2. The molecule has 3 aliphatic heterocycles. The molecule has 2 saturated heterocycles. The number of aromatic hydroxyl groups is 1. The number of fused-ring (bicyclic) bond motifs is 2. The van der Waals surface area contributed by atoms with Crippen LogP contribution in [0.3, 0.4) is 0 Å². The number of nitrogens with one attached hydrogen (secondary N) is 1. The number of carbonyl (C=O) groups excluding carboxylic acids is 2. The van der Waals surface area contributed by atoms with Crippen LogP contribution in [0, 0.1) is 5.92 Å². The van der Waals surface area contributed by atoms with Crippen LogP contribution in [-0.2, 0) is 27.2 Å². The van der Waals surface area contributed by atoms with Crippen LogP contribution in [-0.4, -0.2) is 153 Å². The molecule has 6 heterocycles. The molecular weight excluding hydrogens is 1000 g/mol. The van der Waals surface area contributed by atoms with E-state index in [4.69, 9.17) is 25.1 Å². The number of carboxylic acids is 2. The molecule has 24 heteroatoms. The number of anilines is 4. The van der Waals surface area contributed by atoms with Gasteiger partial charge in [-0.15, -0.1) is 10.2 Å². The molecule has 0 bridgehead atoms. The lowest BCUT2D eigenvalue weighted by molar-refractivity contribution is -0.138. The number of hydrogen-bond acceptors (Lipinski definition) is 18. The minimum Gasteiger partial charge on any atom is -0.508 e. The number of benzene rings is 3. The number of aromatic nitrogens is 9. The molecule has 2 aromatic carbocycles. The number of aryl methyl sites for hydroxylation is 2. The molecule has 0 radical (unpaired) electrons. The van der Waals surface area contributed by atoms with E-state index in [1.165, 1.54) is 30.3 Å². The molecule has 78 heavy (non-hydrogen) atoms. The van der Waals surface area contributed by atoms with Crippen LogP contribution < -0.4 is 26.3 Å². The molecule has 24 nitrogen and oxygen atoms in total. The topological polar surface area (TPSA) is 310 Å². The number of amides is 2. The predicted molar refractivity (Wildman–Crippen MR) is 289 cm³/mol. The summed E-state index contributed by atoms with van der Waals surface area (Å²) in [5.74, 6) is -1.56. The molecule has 410 valence electrons. The number of phenols is 1. The Morgan fingerprint density at radius 2 is 1.40 bits per heavy atom. The molecule has 0 unspecified atom stereocenters. The highest BCUT2D eigenvalue weighted by Gasteiger charge is 2.35. The van der Waals surface area contributed by atoms with E-state index in [0.29, 0.717) is 117 Å². The Morgan fingerprint density at radius 1 is 0.744 bits per heavy atom. The second kappa shape index (κ2) is 24.2. The second-order valence-corrected chi connectivity index (χ2v) is 19.9. The first-order valence-corrected chi connectivity index (χ1v) is 26.6. The molecule has 2 amide bonds. The summed E-state index contributed by atoms with van der Waals surface area (Å²) in [5.41, 5.74) is 8.73. The van der Waals surface area contributed by atoms with E-state index < -0.39 is 24.0 Å². The fraction of sp³-hybridized carbons (Fsp3) is 0.444. The first kappa shape index (κ1) is 54.3. The Morgan fingerprint density at radius 3 is 2.05 bits per heavy atom. The van der Waals surface area contributed by atoms with Gasteiger partial charge < -0.3 is 50.4 Å². The van der Waals surface area contributed by atoms with E-state index in [2.05, 4.69) is 32.9 Å². The molecule has 1 aliphatic carbocycles. The van der Waals surface area contributed by atoms with Gasteiger partial charge in [0.2, 0.25) is 29.7 Å². The zero-order chi connectivity index (χ0) is 55.0. The summed E-state index contributed by atoms with van der Waals surface area (Å²) in [4.78, 5) is 87.9. The summed E-state index contributed by atoms with van der Waals surface area (Å²) in [5, 5.41) is 51.3. The first-order chi connectivity index (χ1) is 37.7. The van der Waals surface area contributed by atoms with Crippen molar-refractivity contribution in [3.05, 3.63) is 94.2 Å². The standard InChI is InChI=1S/C54H65N15O9/c1-4-6-9-35-31-68(62-60-35)43(10-7-8-19-55)49(74)64-20-24-66(25-21-64)53-57-52(58-54(59-53)67-26-22-65(23-27-67)50(75)48(33(3)5-2)69-32-36(61-63-69)12-18-46(72)73)56-34-11-15-39(42(28-34)51(76)77)47-40-16-13-37(70)29-44(40)78-45-30-38(71)14-17-41(45)47/h11,13-17,28-33,43,48,70H,4-10,12,18-27,55H2,1-3H3,(H,72,73)(H,76,77)(H,56,57,58,59)/t33-,43-,48-/m0/s1. The highest BCUT2D eigenvalue weighted by Crippen LogP contribution is 2.43. The Labute approximate surface area is 449 Å². The minimum absolute atomic E-state index is 0.0559. The van der Waals surface area contributed by atoms with Crippen LogP contribution in [0.5, 0.6) is 5.75 Å². The molecule has 2 fully saturated rings. The maximum atomic E-state index is 14.3. The number of nitrogens with two attached hydrogens (primary N) is 1. The number of aliphatic carboxylic acids is 1. The number of nitrogens with zero attached hydrogens (tertiary/aromatic N) is 13. The van der Waals surface area contributed by atoms with E-state index in [1.807, 2.05) is 34.7 Å². The minimum atomic E-state index is -1.23. The Bertz CT molecular complexity index is 3310. The average Bonchev–Trinajstić information content (AvgIpc) is 4.26. The van der Waals surface area contributed by atoms with E-state index >= 15 is 0 Å². The molecule has 0 spiro atoms. The summed E-state index contributed by atoms with van der Waals surface area (Å²) in [7, 11) is 0. The summed E-state index contributed by atoms with van der Waals surface area (Å²) < 4.78 is 9.26. The number of hydrogen-bond donors (Lipinski definition) is 5. The zero-order valence-electron chi connectivity index (χ0n) is 44.0. The third kappa shape index (κ3) is 12.2. The van der Waals surface area contributed by atoms with Gasteiger partial charge in [-0.05, 0) is 86.5 Å². The Kier molecular flexibility index (Phi) is 16.8. The van der Waals surface area contributed by atoms with E-state index in [9.17, 15) is 39.3 Å². The number of carbonyl (C=O) groups is 4. The highest BCUT2D eigenvalue weighted by molar-refractivity contribution is 6.08. The normalized spacial score (nSPS) is 15.2. The maximum absolute atomic E-state index is 14.3. The fourth-order valence-corrected chi connectivity index (χ4v) is 10.1. The van der Waals surface area contributed by atoms with Gasteiger partial charge in [0.05, 0.1) is 23.4 Å². The van der Waals surface area contributed by atoms with Gasteiger partial charge in [-0.2, -0.15) is 15.0 Å². The lowest BCUT2D eigenvalue weighted by atomic mass is 9.90. The quantitative estimate of drug-likeness (QED) is 0.0419. The lowest BCUT2D eigenvalue weighted by Gasteiger charge is -2.38. The molecule has 5 aromatic rings. The summed E-state index contributed by atoms with van der Waals surface area (Å²) in [6.45, 7) is 9.47. The summed E-state index contributed by atoms with van der Waals surface area (Å²) >= 11 is 0. The third-order valence-corrected chi connectivity index (χ3v) is 14.6. The monoisotopic (exact) mass is 1070 g/mol. The van der Waals surface area contributed by atoms with E-state index in [1.54, 1.807) is 44.7 Å². The van der Waals surface area contributed by atoms with Gasteiger partial charge in [0, 0.05) is 106 Å². The van der Waals surface area contributed by atoms with Crippen LogP contribution >= 0.6 is 0 Å². The van der Waals surface area contributed by atoms with Crippen LogP contribution in [0.25, 0.3) is 33.4 Å². The van der Waals surface area contributed by atoms with E-state index in [-0.39, 0.29) is 64.6 Å². The van der Waals surface area contributed by atoms with Crippen LogP contribution in [0.4, 0.5) is 23.5 Å². The van der Waals surface area contributed by atoms with E-state index in [0.717, 1.165) is 37.8 Å². The van der Waals surface area contributed by atoms with Gasteiger partial charge in [0.25, 0.3) is 0 Å². The van der Waals surface area contributed by atoms with Crippen molar-refractivity contribution >= 4 is 58.3 Å². The van der Waals surface area contributed by atoms with Gasteiger partial charge in [0.1, 0.15) is 29.2 Å². The smallest absolute Gasteiger partial charge is 0.336 e. The van der Waals surface area contributed by atoms with Crippen molar-refractivity contribution < 1.29 is 38.9 Å². The average molecular weight is 1070 g/mol. The van der Waals surface area contributed by atoms with Crippen molar-refractivity contribution in [3.63, 3.8) is 0 Å². The number of piperazine rings is 2. The largest absolute Gasteiger partial charge is 0.508 e. The van der Waals surface area contributed by atoms with Crippen molar-refractivity contribution in [3.8, 4) is 28.2 Å². The molecule has 9 rings (SSSR count). The summed E-state index contributed by atoms with van der Waals surface area (Å²) in [6.07, 6.45) is 9.16. The van der Waals surface area contributed by atoms with Crippen molar-refractivity contribution in [2.45, 2.75) is 90.6 Å². The number of rotatable bonds is 22. The SMILES string of the molecule is CCCCc1cn([C@@H](CCCCN)C(=O)N2CCN(c3nc(Nc4ccc(-c5c6ccc(=O)cc-6oc6cc(O)ccc56)c(C(=O)O)c4)nc(N4CCN(C(=O)[C@H]([C@@H](C)CC)n5cc(CCC(=O)O)nn5)CC4)n3)CC2)nn1. The molecule has 3 aromatic heterocycles. The lowest BCUT2D eigenvalue weighted by Crippen LogP contribution is -2.52. The van der Waals surface area contributed by atoms with Gasteiger partial charge >= 0.3 is 11.9 Å². The first-order valence-electron chi connectivity index (χ1n) is 26.6. The Hall–Kier alpha value is -8.54. The van der Waals surface area contributed by atoms with Gasteiger partial charge in [-0.25, -0.2) is 14.2 Å². The fourth-order valence-electron chi connectivity index (χ4n) is 10.1. The van der Waals surface area contributed by atoms with Crippen LogP contribution in [0.1, 0.15) is 99.5 Å². The molecule has 6 N–H and O–H groups in total. The molecule has 4 aliphatic rings. The third-order valence-electron chi connectivity index (χ3n) is 14.6. The van der Waals surface area contributed by atoms with Crippen molar-refractivity contribution in [2.24, 2.45) is 11.7 Å². The van der Waals surface area contributed by atoms with Crippen molar-refractivity contribution in [1.82, 2.24) is 54.7 Å². The van der Waals surface area contributed by atoms with Crippen molar-refractivity contribution in [1.29, 1.82) is 0 Å². The maximum Gasteiger partial charge on any atom is 0.336 e. The highest BCUT2D eigenvalue weighted by atomic mass is 16.4. The van der Waals surface area contributed by atoms with Gasteiger partial charge in [0.15, 0.2) is 5.43 Å². The molecule has 0 saturated carbocycles. The van der Waals surface area contributed by atoms with Gasteiger partial charge in [-0.1, -0.05) is 50.1 Å². The molecular formula is C54H65N15O9. The number of aromatic carboxylic acids is 1. The predicted octanol–water partition coefficient (Wildman–Crippen LogP) is 5.39. The van der Waals surface area contributed by atoms with Crippen molar-refractivity contribution in [2.75, 3.05) is 74.0 Å². The van der Waals surface area contributed by atoms with Gasteiger partial charge in [-0.3, -0.25) is 19.2 Å². The number of phenolic OH excluding ortho intramolecular Hbond substituents is 1.